The maximum absolute atomic E-state index is 14.7. The van der Waals surface area contributed by atoms with Gasteiger partial charge in [0, 0.05) is 26.9 Å². The second kappa shape index (κ2) is 25.3. The van der Waals surface area contributed by atoms with Crippen molar-refractivity contribution in [1.82, 2.24) is 36.8 Å². The third kappa shape index (κ3) is 16.4. The van der Waals surface area contributed by atoms with E-state index in [0.717, 1.165) is 17.4 Å². The van der Waals surface area contributed by atoms with Gasteiger partial charge in [-0.15, -0.1) is 0 Å². The van der Waals surface area contributed by atoms with Gasteiger partial charge in [-0.25, -0.2) is 9.59 Å². The first-order chi connectivity index (χ1) is 31.4. The van der Waals surface area contributed by atoms with E-state index in [4.69, 9.17) is 4.74 Å². The Kier molecular flexibility index (Phi) is 19.8. The van der Waals surface area contributed by atoms with Crippen LogP contribution in [-0.4, -0.2) is 124 Å². The van der Waals surface area contributed by atoms with Gasteiger partial charge in [-0.1, -0.05) is 68.4 Å². The number of carbonyl (C=O) groups excluding carboxylic acids is 7. The van der Waals surface area contributed by atoms with Crippen molar-refractivity contribution in [2.24, 2.45) is 5.92 Å². The van der Waals surface area contributed by atoms with Crippen LogP contribution in [0.2, 0.25) is 0 Å². The number of esters is 1. The lowest BCUT2D eigenvalue weighted by molar-refractivity contribution is -0.146. The van der Waals surface area contributed by atoms with Gasteiger partial charge in [0.1, 0.15) is 54.4 Å². The van der Waals surface area contributed by atoms with Gasteiger partial charge >= 0.3 is 18.0 Å². The number of likely N-dealkylation sites (N-methyl/N-ethyl adjacent to an activating group) is 1. The van der Waals surface area contributed by atoms with Crippen LogP contribution in [0, 0.1) is 5.92 Å². The zero-order chi connectivity index (χ0) is 48.3. The number of aryl methyl sites for hydroxylation is 2. The van der Waals surface area contributed by atoms with Crippen LogP contribution >= 0.6 is 0 Å². The predicted molar refractivity (Wildman–Crippen MR) is 241 cm³/mol. The Morgan fingerprint density at radius 1 is 0.742 bits per heavy atom. The number of ether oxygens (including phenoxy) is 1. The number of nitrogens with zero attached hydrogens (tertiary/aromatic N) is 1. The van der Waals surface area contributed by atoms with Gasteiger partial charge in [-0.2, -0.15) is 0 Å². The van der Waals surface area contributed by atoms with Crippen LogP contribution in [0.25, 0.3) is 0 Å². The number of aromatic hydroxyl groups is 2. The van der Waals surface area contributed by atoms with Crippen LogP contribution in [0.5, 0.6) is 11.5 Å². The third-order valence-electron chi connectivity index (χ3n) is 11.1. The van der Waals surface area contributed by atoms with Crippen molar-refractivity contribution >= 4 is 47.5 Å². The quantitative estimate of drug-likeness (QED) is 0.105. The third-order valence-corrected chi connectivity index (χ3v) is 11.1. The number of aliphatic carboxylic acids is 1. The highest BCUT2D eigenvalue weighted by molar-refractivity contribution is 5.96. The second-order valence-corrected chi connectivity index (χ2v) is 16.6. The summed E-state index contributed by atoms with van der Waals surface area (Å²) in [6.45, 7) is 3.97. The standard InChI is InChI=1S/C47H61N7O12/c1-28(2)40-44(61)49-36(23-17-30-13-19-33(56)20-14-30)45(62)54(4)39(24-18-31-15-21-34(57)22-16-31)43(60)50-38(27-66-29(3)55)41(58)48-25-9-8-12-35(42(59)53-40)51-47(65)52-37(46(63)64)26-32-10-6-5-7-11-32/h5-7,10-11,13-16,19-22,28,35-40,56-57H,8-9,12,17-18,23-27H2,1-4H3,(H,48,58)(H,49,61)(H,50,60)(H,53,59)(H,63,64)(H2,51,52,65). The molecule has 1 heterocycles. The number of hydrogen-bond acceptors (Lipinski definition) is 11. The lowest BCUT2D eigenvalue weighted by Crippen LogP contribution is -2.61. The van der Waals surface area contributed by atoms with Crippen LogP contribution in [-0.2, 0) is 57.6 Å². The molecule has 1 fully saturated rings. The van der Waals surface area contributed by atoms with Gasteiger partial charge in [0.05, 0.1) is 0 Å². The molecule has 19 nitrogen and oxygen atoms in total. The molecule has 0 saturated carbocycles. The minimum absolute atomic E-state index is 0.000309. The van der Waals surface area contributed by atoms with Gasteiger partial charge in [0.25, 0.3) is 0 Å². The Balaban J connectivity index is 1.69. The Bertz CT molecular complexity index is 2140. The molecule has 7 amide bonds. The maximum atomic E-state index is 14.7. The smallest absolute Gasteiger partial charge is 0.326 e. The first kappa shape index (κ1) is 51.5. The van der Waals surface area contributed by atoms with E-state index >= 15 is 0 Å². The van der Waals surface area contributed by atoms with Gasteiger partial charge in [-0.05, 0) is 91.8 Å². The fourth-order valence-electron chi connectivity index (χ4n) is 7.28. The molecule has 6 atom stereocenters. The first-order valence-corrected chi connectivity index (χ1v) is 21.9. The molecule has 3 aromatic rings. The van der Waals surface area contributed by atoms with Crippen molar-refractivity contribution in [1.29, 1.82) is 0 Å². The van der Waals surface area contributed by atoms with E-state index in [1.165, 1.54) is 31.3 Å². The number of phenols is 2. The molecule has 356 valence electrons. The molecule has 3 aromatic carbocycles. The number of carbonyl (C=O) groups is 8. The van der Waals surface area contributed by atoms with E-state index < -0.39 is 96.3 Å². The highest BCUT2D eigenvalue weighted by atomic mass is 16.5. The Morgan fingerprint density at radius 2 is 1.33 bits per heavy atom. The number of nitrogens with one attached hydrogen (secondary N) is 6. The fourth-order valence-corrected chi connectivity index (χ4v) is 7.28. The summed E-state index contributed by atoms with van der Waals surface area (Å²) in [6, 6.07) is 12.3. The number of benzene rings is 3. The van der Waals surface area contributed by atoms with E-state index in [1.54, 1.807) is 68.4 Å². The molecule has 4 rings (SSSR count). The molecule has 0 bridgehead atoms. The highest BCUT2D eigenvalue weighted by Gasteiger charge is 2.37. The lowest BCUT2D eigenvalue weighted by Gasteiger charge is -2.33. The molecular formula is C47H61N7O12. The minimum atomic E-state index is -1.40. The summed E-state index contributed by atoms with van der Waals surface area (Å²) >= 11 is 0. The lowest BCUT2D eigenvalue weighted by atomic mass is 9.98. The van der Waals surface area contributed by atoms with Crippen molar-refractivity contribution in [3.8, 4) is 11.5 Å². The molecule has 1 aliphatic rings. The van der Waals surface area contributed by atoms with Gasteiger partial charge in [0.15, 0.2) is 0 Å². The maximum Gasteiger partial charge on any atom is 0.326 e. The number of amides is 7. The van der Waals surface area contributed by atoms with Crippen molar-refractivity contribution in [3.63, 3.8) is 0 Å². The van der Waals surface area contributed by atoms with E-state index in [2.05, 4.69) is 31.9 Å². The van der Waals surface area contributed by atoms with E-state index in [0.29, 0.717) is 11.1 Å². The van der Waals surface area contributed by atoms with Gasteiger partial charge < -0.3 is 56.9 Å². The van der Waals surface area contributed by atoms with E-state index in [1.807, 2.05) is 0 Å². The summed E-state index contributed by atoms with van der Waals surface area (Å²) in [5.41, 5.74) is 2.08. The molecule has 9 N–H and O–H groups in total. The largest absolute Gasteiger partial charge is 0.508 e. The van der Waals surface area contributed by atoms with Crippen molar-refractivity contribution in [2.75, 3.05) is 20.2 Å². The molecule has 1 saturated heterocycles. The van der Waals surface area contributed by atoms with Gasteiger partial charge in [-0.3, -0.25) is 28.8 Å². The van der Waals surface area contributed by atoms with Crippen LogP contribution in [0.4, 0.5) is 4.79 Å². The molecule has 0 spiro atoms. The normalized spacial score (nSPS) is 20.8. The topological polar surface area (TPSA) is 282 Å². The van der Waals surface area contributed by atoms with Crippen LogP contribution in [0.3, 0.4) is 0 Å². The molecule has 19 heteroatoms. The number of hydrogen-bond donors (Lipinski definition) is 9. The summed E-state index contributed by atoms with van der Waals surface area (Å²) in [6.07, 6.45) is 0.889. The van der Waals surface area contributed by atoms with Gasteiger partial charge in [0.2, 0.25) is 29.5 Å². The molecule has 66 heavy (non-hydrogen) atoms. The molecule has 6 unspecified atom stereocenters. The summed E-state index contributed by atoms with van der Waals surface area (Å²) in [5.74, 6) is -6.21. The van der Waals surface area contributed by atoms with Crippen LogP contribution < -0.4 is 31.9 Å². The number of urea groups is 1. The monoisotopic (exact) mass is 915 g/mol. The van der Waals surface area contributed by atoms with E-state index in [-0.39, 0.29) is 69.4 Å². The molecule has 1 aliphatic heterocycles. The van der Waals surface area contributed by atoms with Crippen LogP contribution in [0.1, 0.15) is 69.6 Å². The van der Waals surface area contributed by atoms with Crippen LogP contribution in [0.15, 0.2) is 78.9 Å². The minimum Gasteiger partial charge on any atom is -0.508 e. The second-order valence-electron chi connectivity index (χ2n) is 16.6. The fraction of sp³-hybridized carbons (Fsp3) is 0.447. The predicted octanol–water partition coefficient (Wildman–Crippen LogP) is 1.83. The number of rotatable bonds is 14. The Hall–Kier alpha value is -7.18. The zero-order valence-corrected chi connectivity index (χ0v) is 37.6. The summed E-state index contributed by atoms with van der Waals surface area (Å²) in [7, 11) is 1.38. The first-order valence-electron chi connectivity index (χ1n) is 21.9. The molecule has 0 aromatic heterocycles. The highest BCUT2D eigenvalue weighted by Crippen LogP contribution is 2.18. The van der Waals surface area contributed by atoms with Crippen molar-refractivity contribution in [3.05, 3.63) is 95.6 Å². The average molecular weight is 916 g/mol. The Labute approximate surface area is 383 Å². The average Bonchev–Trinajstić information content (AvgIpc) is 3.28. The van der Waals surface area contributed by atoms with Crippen molar-refractivity contribution < 1.29 is 58.4 Å². The summed E-state index contributed by atoms with van der Waals surface area (Å²) in [5, 5.41) is 45.4. The number of carboxylic acids is 1. The SMILES string of the molecule is CC(=O)OCC1NC(=O)C(CCc2ccc(O)cc2)N(C)C(=O)C(CCc2ccc(O)cc2)NC(=O)C(C(C)C)NC(=O)C(NC(=O)NC(Cc2ccccc2)C(=O)O)CCCCNC1=O. The summed E-state index contributed by atoms with van der Waals surface area (Å²) in [4.78, 5) is 109. The Morgan fingerprint density at radius 3 is 1.91 bits per heavy atom. The molecular weight excluding hydrogens is 855 g/mol. The zero-order valence-electron chi connectivity index (χ0n) is 37.6. The number of phenolic OH excluding ortho intramolecular Hbond substituents is 2. The molecule has 0 radical (unpaired) electrons. The molecule has 0 aliphatic carbocycles. The number of carboxylic acid groups (broad SMARTS) is 1. The van der Waals surface area contributed by atoms with Crippen molar-refractivity contribution in [2.45, 2.75) is 108 Å². The summed E-state index contributed by atoms with van der Waals surface area (Å²) < 4.78 is 5.14. The van der Waals surface area contributed by atoms with E-state index in [9.17, 15) is 53.7 Å².